The molecule has 0 heterocycles. The van der Waals surface area contributed by atoms with E-state index in [1.807, 2.05) is 0 Å². The number of rotatable bonds is 7. The minimum Gasteiger partial charge on any atom is -0.383 e. The van der Waals surface area contributed by atoms with Gasteiger partial charge in [-0.2, -0.15) is 0 Å². The third-order valence-electron chi connectivity index (χ3n) is 2.29. The number of primary amides is 1. The van der Waals surface area contributed by atoms with E-state index in [1.165, 1.54) is 12.1 Å². The molecule has 0 aliphatic carbocycles. The molecule has 0 unspecified atom stereocenters. The molecule has 2 amide bonds. The van der Waals surface area contributed by atoms with Gasteiger partial charge in [0, 0.05) is 19.2 Å². The van der Waals surface area contributed by atoms with Crippen molar-refractivity contribution in [3.8, 4) is 0 Å². The summed E-state index contributed by atoms with van der Waals surface area (Å²) in [6.07, 6.45) is 0. The van der Waals surface area contributed by atoms with Crippen LogP contribution in [0.1, 0.15) is 10.4 Å². The molecule has 0 spiro atoms. The lowest BCUT2D eigenvalue weighted by Crippen LogP contribution is -2.30. The van der Waals surface area contributed by atoms with E-state index in [-0.39, 0.29) is 30.2 Å². The maximum atomic E-state index is 13.4. The second kappa shape index (κ2) is 9.24. The molecule has 0 fully saturated rings. The Kier molecular flexibility index (Phi) is 8.46. The van der Waals surface area contributed by atoms with E-state index >= 15 is 0 Å². The first-order chi connectivity index (χ1) is 9.04. The van der Waals surface area contributed by atoms with Crippen LogP contribution in [0.2, 0.25) is 0 Å². The summed E-state index contributed by atoms with van der Waals surface area (Å²) in [6, 6.07) is 3.53. The summed E-state index contributed by atoms with van der Waals surface area (Å²) >= 11 is 0. The topological polar surface area (TPSA) is 93.4 Å². The van der Waals surface area contributed by atoms with E-state index in [4.69, 9.17) is 10.5 Å². The van der Waals surface area contributed by atoms with E-state index in [2.05, 4.69) is 10.6 Å². The predicted molar refractivity (Wildman–Crippen MR) is 75.5 cm³/mol. The van der Waals surface area contributed by atoms with Crippen LogP contribution in [0.25, 0.3) is 0 Å². The van der Waals surface area contributed by atoms with Crippen LogP contribution in [0.15, 0.2) is 18.2 Å². The number of hydrogen-bond donors (Lipinski definition) is 3. The van der Waals surface area contributed by atoms with Crippen molar-refractivity contribution in [3.05, 3.63) is 29.6 Å². The molecule has 20 heavy (non-hydrogen) atoms. The summed E-state index contributed by atoms with van der Waals surface area (Å²) in [4.78, 5) is 22.5. The second-order valence-corrected chi connectivity index (χ2v) is 3.78. The maximum Gasteiger partial charge on any atom is 0.248 e. The van der Waals surface area contributed by atoms with E-state index in [0.29, 0.717) is 13.2 Å². The number of methoxy groups -OCH3 is 1. The Labute approximate surface area is 122 Å². The summed E-state index contributed by atoms with van der Waals surface area (Å²) in [7, 11) is 1.55. The third-order valence-corrected chi connectivity index (χ3v) is 2.29. The average molecular weight is 306 g/mol. The Morgan fingerprint density at radius 1 is 1.40 bits per heavy atom. The first kappa shape index (κ1) is 18.3. The maximum absolute atomic E-state index is 13.4. The number of halogens is 2. The van der Waals surface area contributed by atoms with Crippen LogP contribution >= 0.6 is 12.4 Å². The highest BCUT2D eigenvalue weighted by Crippen LogP contribution is 2.15. The van der Waals surface area contributed by atoms with Gasteiger partial charge in [0.15, 0.2) is 0 Å². The molecule has 0 saturated heterocycles. The van der Waals surface area contributed by atoms with Crippen LogP contribution in [0.4, 0.5) is 10.1 Å². The lowest BCUT2D eigenvalue weighted by Gasteiger charge is -2.08. The Balaban J connectivity index is 0.00000361. The van der Waals surface area contributed by atoms with Crippen LogP contribution in [0.3, 0.4) is 0 Å². The highest BCUT2D eigenvalue weighted by molar-refractivity contribution is 5.96. The fourth-order valence-electron chi connectivity index (χ4n) is 1.34. The van der Waals surface area contributed by atoms with Gasteiger partial charge < -0.3 is 21.1 Å². The summed E-state index contributed by atoms with van der Waals surface area (Å²) in [5.74, 6) is -1.74. The lowest BCUT2D eigenvalue weighted by atomic mass is 10.2. The number of benzene rings is 1. The molecule has 0 saturated carbocycles. The van der Waals surface area contributed by atoms with E-state index < -0.39 is 17.6 Å². The molecule has 8 heteroatoms. The predicted octanol–water partition coefficient (Wildman–Crippen LogP) is 0.521. The normalized spacial score (nSPS) is 9.70. The number of carbonyl (C=O) groups excluding carboxylic acids is 2. The monoisotopic (exact) mass is 305 g/mol. The molecule has 4 N–H and O–H groups in total. The van der Waals surface area contributed by atoms with Gasteiger partial charge >= 0.3 is 0 Å². The lowest BCUT2D eigenvalue weighted by molar-refractivity contribution is -0.115. The summed E-state index contributed by atoms with van der Waals surface area (Å²) in [5.41, 5.74) is 5.13. The van der Waals surface area contributed by atoms with Crippen molar-refractivity contribution in [2.24, 2.45) is 5.73 Å². The molecule has 6 nitrogen and oxygen atoms in total. The van der Waals surface area contributed by atoms with Crippen molar-refractivity contribution in [2.75, 3.05) is 32.1 Å². The molecular formula is C12H17ClFN3O3. The van der Waals surface area contributed by atoms with Gasteiger partial charge in [0.25, 0.3) is 0 Å². The van der Waals surface area contributed by atoms with Crippen molar-refractivity contribution in [3.63, 3.8) is 0 Å². The van der Waals surface area contributed by atoms with Crippen molar-refractivity contribution in [1.29, 1.82) is 0 Å². The Hall–Kier alpha value is -1.70. The SMILES string of the molecule is COCCNCC(=O)Nc1cc(C(N)=O)ccc1F.Cl. The number of nitrogens with one attached hydrogen (secondary N) is 2. The highest BCUT2D eigenvalue weighted by atomic mass is 35.5. The van der Waals surface area contributed by atoms with Crippen LogP contribution in [0.5, 0.6) is 0 Å². The fourth-order valence-corrected chi connectivity index (χ4v) is 1.34. The minimum atomic E-state index is -0.686. The Morgan fingerprint density at radius 2 is 2.10 bits per heavy atom. The van der Waals surface area contributed by atoms with Gasteiger partial charge in [-0.3, -0.25) is 9.59 Å². The third kappa shape index (κ3) is 5.96. The largest absolute Gasteiger partial charge is 0.383 e. The van der Waals surface area contributed by atoms with E-state index in [1.54, 1.807) is 7.11 Å². The molecule has 1 aromatic carbocycles. The van der Waals surface area contributed by atoms with Crippen LogP contribution < -0.4 is 16.4 Å². The zero-order valence-corrected chi connectivity index (χ0v) is 11.8. The molecule has 0 aromatic heterocycles. The minimum absolute atomic E-state index is 0. The van der Waals surface area contributed by atoms with Gasteiger partial charge in [-0.05, 0) is 18.2 Å². The molecule has 112 valence electrons. The highest BCUT2D eigenvalue weighted by Gasteiger charge is 2.09. The van der Waals surface area contributed by atoms with Crippen LogP contribution in [-0.2, 0) is 9.53 Å². The van der Waals surface area contributed by atoms with Gasteiger partial charge in [0.1, 0.15) is 5.82 Å². The summed E-state index contributed by atoms with van der Waals surface area (Å²) in [5, 5.41) is 5.17. The quantitative estimate of drug-likeness (QED) is 0.640. The molecule has 0 aliphatic rings. The summed E-state index contributed by atoms with van der Waals surface area (Å²) in [6.45, 7) is 0.996. The van der Waals surface area contributed by atoms with Crippen LogP contribution in [0, 0.1) is 5.82 Å². The average Bonchev–Trinajstić information content (AvgIpc) is 2.37. The molecule has 1 rings (SSSR count). The molecule has 1 aromatic rings. The van der Waals surface area contributed by atoms with Gasteiger partial charge in [0.2, 0.25) is 11.8 Å². The molecule has 0 bridgehead atoms. The van der Waals surface area contributed by atoms with Crippen molar-refractivity contribution < 1.29 is 18.7 Å². The molecule has 0 atom stereocenters. The first-order valence-electron chi connectivity index (χ1n) is 5.63. The van der Waals surface area contributed by atoms with Gasteiger partial charge in [0.05, 0.1) is 18.8 Å². The molecule has 0 aliphatic heterocycles. The smallest absolute Gasteiger partial charge is 0.248 e. The number of amides is 2. The number of hydrogen-bond acceptors (Lipinski definition) is 4. The number of anilines is 1. The van der Waals surface area contributed by atoms with E-state index in [9.17, 15) is 14.0 Å². The zero-order valence-electron chi connectivity index (χ0n) is 10.9. The number of carbonyl (C=O) groups is 2. The van der Waals surface area contributed by atoms with Crippen molar-refractivity contribution >= 4 is 29.9 Å². The molecular weight excluding hydrogens is 289 g/mol. The summed E-state index contributed by atoms with van der Waals surface area (Å²) < 4.78 is 18.2. The van der Waals surface area contributed by atoms with Crippen molar-refractivity contribution in [2.45, 2.75) is 0 Å². The van der Waals surface area contributed by atoms with Gasteiger partial charge in [-0.15, -0.1) is 12.4 Å². The number of ether oxygens (including phenoxy) is 1. The van der Waals surface area contributed by atoms with Crippen molar-refractivity contribution in [1.82, 2.24) is 5.32 Å². The first-order valence-corrected chi connectivity index (χ1v) is 5.63. The van der Waals surface area contributed by atoms with Gasteiger partial charge in [-0.25, -0.2) is 4.39 Å². The molecule has 0 radical (unpaired) electrons. The number of nitrogens with two attached hydrogens (primary N) is 1. The second-order valence-electron chi connectivity index (χ2n) is 3.78. The fraction of sp³-hybridized carbons (Fsp3) is 0.333. The van der Waals surface area contributed by atoms with E-state index in [0.717, 1.165) is 6.07 Å². The van der Waals surface area contributed by atoms with Gasteiger partial charge in [-0.1, -0.05) is 0 Å². The Morgan fingerprint density at radius 3 is 2.70 bits per heavy atom. The van der Waals surface area contributed by atoms with Crippen LogP contribution in [-0.4, -0.2) is 38.6 Å². The zero-order chi connectivity index (χ0) is 14.3. The Bertz CT molecular complexity index is 471. The standard InChI is InChI=1S/C12H16FN3O3.ClH/c1-19-5-4-15-7-11(17)16-10-6-8(12(14)18)2-3-9(10)13;/h2-3,6,15H,4-5,7H2,1H3,(H2,14,18)(H,16,17);1H.